The molecular formula is C30H25N6O2S+. The van der Waals surface area contributed by atoms with Crippen molar-refractivity contribution in [2.24, 2.45) is 5.73 Å². The zero-order valence-electron chi connectivity index (χ0n) is 21.4. The van der Waals surface area contributed by atoms with Gasteiger partial charge in [0.05, 0.1) is 21.7 Å². The highest BCUT2D eigenvalue weighted by atomic mass is 32.2. The number of nitrogens with zero attached hydrogens (tertiary/aromatic N) is 4. The van der Waals surface area contributed by atoms with Gasteiger partial charge in [-0.2, -0.15) is 4.98 Å². The summed E-state index contributed by atoms with van der Waals surface area (Å²) in [5, 5.41) is 1.62. The van der Waals surface area contributed by atoms with E-state index in [1.54, 1.807) is 0 Å². The number of nitrogens with two attached hydrogens (primary N) is 2. The monoisotopic (exact) mass is 533 g/mol. The van der Waals surface area contributed by atoms with Crippen LogP contribution in [0, 0.1) is 13.8 Å². The number of hydrogen-bond acceptors (Lipinski definition) is 7. The summed E-state index contributed by atoms with van der Waals surface area (Å²) in [6, 6.07) is 22.0. The molecular weight excluding hydrogens is 508 g/mol. The van der Waals surface area contributed by atoms with Crippen LogP contribution in [0.4, 0.5) is 11.6 Å². The van der Waals surface area contributed by atoms with Gasteiger partial charge in [0.1, 0.15) is 18.1 Å². The lowest BCUT2D eigenvalue weighted by molar-refractivity contribution is -0.474. The molecule has 3 aromatic carbocycles. The minimum atomic E-state index is -0.428. The van der Waals surface area contributed by atoms with Crippen molar-refractivity contribution in [3.8, 4) is 11.4 Å². The first kappa shape index (κ1) is 23.6. The van der Waals surface area contributed by atoms with E-state index in [0.29, 0.717) is 17.7 Å². The Morgan fingerprint density at radius 1 is 1.03 bits per heavy atom. The molecule has 1 unspecified atom stereocenters. The number of ether oxygens (including phenoxy) is 1. The van der Waals surface area contributed by atoms with E-state index in [1.807, 2.05) is 79.1 Å². The minimum Gasteiger partial charge on any atom is -0.465 e. The van der Waals surface area contributed by atoms with Crippen LogP contribution in [-0.2, 0) is 6.54 Å². The van der Waals surface area contributed by atoms with Crippen molar-refractivity contribution in [2.75, 3.05) is 5.73 Å². The first-order chi connectivity index (χ1) is 18.9. The van der Waals surface area contributed by atoms with Crippen molar-refractivity contribution in [1.29, 1.82) is 0 Å². The Labute approximate surface area is 228 Å². The number of para-hydroxylation sites is 1. The van der Waals surface area contributed by atoms with E-state index < -0.39 is 5.56 Å². The molecule has 0 bridgehead atoms. The van der Waals surface area contributed by atoms with Gasteiger partial charge in [-0.05, 0) is 65.7 Å². The van der Waals surface area contributed by atoms with Gasteiger partial charge in [-0.3, -0.25) is 15.1 Å². The fourth-order valence-electron chi connectivity index (χ4n) is 5.53. The van der Waals surface area contributed by atoms with Gasteiger partial charge in [0.15, 0.2) is 11.3 Å². The number of pyridine rings is 1. The Kier molecular flexibility index (Phi) is 5.33. The van der Waals surface area contributed by atoms with Gasteiger partial charge in [0, 0.05) is 5.56 Å². The number of rotatable bonds is 4. The fraction of sp³-hybridized carbons (Fsp3) is 0.133. The van der Waals surface area contributed by atoms with Crippen molar-refractivity contribution in [3.05, 3.63) is 111 Å². The molecule has 2 aromatic heterocycles. The first-order valence-corrected chi connectivity index (χ1v) is 13.5. The van der Waals surface area contributed by atoms with E-state index in [1.165, 1.54) is 18.1 Å². The highest BCUT2D eigenvalue weighted by molar-refractivity contribution is 8.00. The van der Waals surface area contributed by atoms with Crippen LogP contribution in [0.3, 0.4) is 0 Å². The van der Waals surface area contributed by atoms with E-state index in [4.69, 9.17) is 16.2 Å². The summed E-state index contributed by atoms with van der Waals surface area (Å²) < 4.78 is 9.72. The Balaban J connectivity index is 1.46. The molecule has 0 aliphatic carbocycles. The molecule has 0 saturated carbocycles. The minimum absolute atomic E-state index is 0.0451. The summed E-state index contributed by atoms with van der Waals surface area (Å²) in [4.78, 5) is 23.9. The summed E-state index contributed by atoms with van der Waals surface area (Å²) in [7, 11) is 0. The van der Waals surface area contributed by atoms with Gasteiger partial charge >= 0.3 is 5.82 Å². The topological polar surface area (TPSA) is 112 Å². The van der Waals surface area contributed by atoms with E-state index >= 15 is 0 Å². The maximum Gasteiger partial charge on any atom is 0.341 e. The van der Waals surface area contributed by atoms with Gasteiger partial charge in [0.25, 0.3) is 5.56 Å². The summed E-state index contributed by atoms with van der Waals surface area (Å²) in [6.45, 7) is 4.40. The summed E-state index contributed by atoms with van der Waals surface area (Å²) in [5.41, 5.74) is 18.1. The van der Waals surface area contributed by atoms with Gasteiger partial charge in [-0.25, -0.2) is 4.58 Å². The van der Waals surface area contributed by atoms with Gasteiger partial charge in [-0.15, -0.1) is 0 Å². The van der Waals surface area contributed by atoms with Crippen molar-refractivity contribution >= 4 is 39.9 Å². The molecule has 0 amide bonds. The molecule has 9 heteroatoms. The molecule has 39 heavy (non-hydrogen) atoms. The van der Waals surface area contributed by atoms with Gasteiger partial charge < -0.3 is 10.5 Å². The summed E-state index contributed by atoms with van der Waals surface area (Å²) in [5.74, 6) is 1.86. The van der Waals surface area contributed by atoms with Crippen LogP contribution in [0.5, 0.6) is 5.75 Å². The van der Waals surface area contributed by atoms with E-state index in [-0.39, 0.29) is 5.56 Å². The molecule has 7 rings (SSSR count). The smallest absolute Gasteiger partial charge is 0.341 e. The maximum absolute atomic E-state index is 14.1. The normalized spacial score (nSPS) is 15.6. The number of aromatic nitrogens is 3. The molecule has 0 fully saturated rings. The van der Waals surface area contributed by atoms with Crippen molar-refractivity contribution in [1.82, 2.24) is 14.5 Å². The van der Waals surface area contributed by atoms with Gasteiger partial charge in [-0.1, -0.05) is 48.2 Å². The molecule has 1 atom stereocenters. The fourth-order valence-corrected chi connectivity index (χ4v) is 6.30. The van der Waals surface area contributed by atoms with Crippen LogP contribution in [0.1, 0.15) is 27.9 Å². The quantitative estimate of drug-likeness (QED) is 0.329. The first-order valence-electron chi connectivity index (χ1n) is 12.6. The largest absolute Gasteiger partial charge is 0.465 e. The average molecular weight is 534 g/mol. The second-order valence-corrected chi connectivity index (χ2v) is 10.9. The van der Waals surface area contributed by atoms with Crippen LogP contribution in [0.2, 0.25) is 0 Å². The second-order valence-electron chi connectivity index (χ2n) is 9.76. The Morgan fingerprint density at radius 3 is 2.69 bits per heavy atom. The lowest BCUT2D eigenvalue weighted by atomic mass is 9.96. The zero-order valence-corrected chi connectivity index (χ0v) is 22.2. The average Bonchev–Trinajstić information content (AvgIpc) is 3.28. The van der Waals surface area contributed by atoms with E-state index in [0.717, 1.165) is 61.2 Å². The van der Waals surface area contributed by atoms with Crippen LogP contribution in [0.25, 0.3) is 16.5 Å². The lowest BCUT2D eigenvalue weighted by Crippen LogP contribution is -2.34. The molecule has 0 saturated heterocycles. The molecule has 2 aliphatic rings. The molecule has 8 nitrogen and oxygen atoms in total. The van der Waals surface area contributed by atoms with Crippen LogP contribution in [-0.4, -0.2) is 30.4 Å². The molecule has 0 radical (unpaired) electrons. The maximum atomic E-state index is 14.1. The second kappa shape index (κ2) is 8.79. The van der Waals surface area contributed by atoms with Crippen LogP contribution < -0.4 is 21.8 Å². The zero-order chi connectivity index (χ0) is 26.8. The highest BCUT2D eigenvalue weighted by Crippen LogP contribution is 2.42. The Morgan fingerprint density at radius 2 is 1.85 bits per heavy atom. The molecule has 4 heterocycles. The number of anilines is 1. The highest BCUT2D eigenvalue weighted by Gasteiger charge is 2.40. The third kappa shape index (κ3) is 3.65. The van der Waals surface area contributed by atoms with Crippen molar-refractivity contribution in [2.45, 2.75) is 30.8 Å². The van der Waals surface area contributed by atoms with Gasteiger partial charge in [0.2, 0.25) is 11.9 Å². The number of aryl methyl sites for hydroxylation is 2. The van der Waals surface area contributed by atoms with Crippen LogP contribution >= 0.6 is 11.8 Å². The number of nitrogen functional groups attached to an aromatic ring is 1. The number of benzene rings is 3. The SMILES string of the molecule is Cc1ccccc1-n1c(C[N+]2=C(c3ccc4c(c3)OC(N)S4)c3c(N)ncnc32)cc2cccc(C)c2c1=O. The lowest BCUT2D eigenvalue weighted by Gasteiger charge is -2.24. The Bertz CT molecular complexity index is 1930. The number of thioether (sulfide) groups is 1. The molecule has 0 spiro atoms. The Hall–Kier alpha value is -4.47. The van der Waals surface area contributed by atoms with Crippen LogP contribution in [0.15, 0.2) is 82.7 Å². The van der Waals surface area contributed by atoms with Crippen molar-refractivity contribution in [3.63, 3.8) is 0 Å². The van der Waals surface area contributed by atoms with E-state index in [2.05, 4.69) is 20.6 Å². The summed E-state index contributed by atoms with van der Waals surface area (Å²) in [6.07, 6.45) is 1.47. The third-order valence-corrected chi connectivity index (χ3v) is 8.25. The number of hydrogen-bond donors (Lipinski definition) is 2. The number of fused-ring (bicyclic) bond motifs is 3. The predicted molar refractivity (Wildman–Crippen MR) is 153 cm³/mol. The molecule has 2 aliphatic heterocycles. The van der Waals surface area contributed by atoms with Crippen molar-refractivity contribution < 1.29 is 9.31 Å². The third-order valence-electron chi connectivity index (χ3n) is 7.33. The summed E-state index contributed by atoms with van der Waals surface area (Å²) >= 11 is 1.48. The predicted octanol–water partition coefficient (Wildman–Crippen LogP) is 4.40. The standard InChI is InChI=1S/C30H24N6O2S/c1-16-6-3-4-9-21(16)36-20(12-18-8-5-7-17(2)24(18)29(36)37)14-35-26(25-27(31)33-15-34-28(25)35)19-10-11-23-22(13-19)38-30(32)39-23/h3-13,15,30-31H,14,32H2,1-2H3/p+1. The van der Waals surface area contributed by atoms with E-state index in [9.17, 15) is 4.79 Å². The molecule has 192 valence electrons. The molecule has 5 aromatic rings. The molecule has 4 N–H and O–H groups in total.